The summed E-state index contributed by atoms with van der Waals surface area (Å²) in [6.07, 6.45) is 1.50. The summed E-state index contributed by atoms with van der Waals surface area (Å²) in [6, 6.07) is 7.08. The van der Waals surface area contributed by atoms with Gasteiger partial charge in [0.25, 0.3) is 5.91 Å². The maximum atomic E-state index is 12.7. The third-order valence-electron chi connectivity index (χ3n) is 3.92. The predicted molar refractivity (Wildman–Crippen MR) is 81.4 cm³/mol. The van der Waals surface area contributed by atoms with Crippen molar-refractivity contribution in [3.63, 3.8) is 0 Å². The van der Waals surface area contributed by atoms with Gasteiger partial charge in [-0.15, -0.1) is 0 Å². The first-order chi connectivity index (χ1) is 10.1. The topological polar surface area (TPSA) is 65.2 Å². The lowest BCUT2D eigenvalue weighted by atomic mass is 10.2. The molecule has 2 N–H and O–H groups in total. The Morgan fingerprint density at radius 2 is 2.14 bits per heavy atom. The highest BCUT2D eigenvalue weighted by Crippen LogP contribution is 2.30. The number of carbonyl (C=O) groups excluding carboxylic acids is 2. The van der Waals surface area contributed by atoms with Crippen LogP contribution in [0.25, 0.3) is 10.9 Å². The number of H-pyrrole nitrogens is 1. The van der Waals surface area contributed by atoms with Crippen LogP contribution in [-0.2, 0) is 4.79 Å². The van der Waals surface area contributed by atoms with Crippen molar-refractivity contribution in [2.45, 2.75) is 18.9 Å². The van der Waals surface area contributed by atoms with E-state index in [1.165, 1.54) is 0 Å². The molecule has 2 aromatic rings. The molecule has 5 nitrogen and oxygen atoms in total. The molecule has 1 aromatic carbocycles. The summed E-state index contributed by atoms with van der Waals surface area (Å²) in [7, 11) is 1.58. The molecule has 0 radical (unpaired) electrons. The van der Waals surface area contributed by atoms with E-state index in [0.29, 0.717) is 23.7 Å². The number of amides is 2. The molecule has 1 aliphatic rings. The van der Waals surface area contributed by atoms with Gasteiger partial charge < -0.3 is 15.2 Å². The average Bonchev–Trinajstić information content (AvgIpc) is 3.11. The number of hydrogen-bond donors (Lipinski definition) is 2. The van der Waals surface area contributed by atoms with Crippen molar-refractivity contribution >= 4 is 34.3 Å². The van der Waals surface area contributed by atoms with Crippen LogP contribution in [0.15, 0.2) is 24.3 Å². The molecule has 1 unspecified atom stereocenters. The summed E-state index contributed by atoms with van der Waals surface area (Å²) in [6.45, 7) is 0.572. The van der Waals surface area contributed by atoms with E-state index in [9.17, 15) is 9.59 Å². The number of carbonyl (C=O) groups is 2. The molecule has 1 aromatic heterocycles. The van der Waals surface area contributed by atoms with E-state index in [2.05, 4.69) is 10.3 Å². The van der Waals surface area contributed by atoms with Gasteiger partial charge in [0.15, 0.2) is 0 Å². The number of fused-ring (bicyclic) bond motifs is 1. The molecule has 1 atom stereocenters. The fourth-order valence-electron chi connectivity index (χ4n) is 2.85. The number of para-hydroxylation sites is 1. The van der Waals surface area contributed by atoms with Crippen LogP contribution in [0.5, 0.6) is 0 Å². The smallest absolute Gasteiger partial charge is 0.272 e. The van der Waals surface area contributed by atoms with Gasteiger partial charge in [-0.3, -0.25) is 9.59 Å². The minimum Gasteiger partial charge on any atom is -0.357 e. The Labute approximate surface area is 127 Å². The van der Waals surface area contributed by atoms with Crippen LogP contribution in [0.4, 0.5) is 0 Å². The number of nitrogens with one attached hydrogen (secondary N) is 2. The van der Waals surface area contributed by atoms with E-state index in [1.54, 1.807) is 11.9 Å². The van der Waals surface area contributed by atoms with Crippen molar-refractivity contribution in [1.29, 1.82) is 0 Å². The lowest BCUT2D eigenvalue weighted by Gasteiger charge is -2.22. The van der Waals surface area contributed by atoms with Crippen LogP contribution in [0.3, 0.4) is 0 Å². The molecule has 0 spiro atoms. The molecule has 1 aliphatic heterocycles. The van der Waals surface area contributed by atoms with Crippen LogP contribution < -0.4 is 5.32 Å². The summed E-state index contributed by atoms with van der Waals surface area (Å²) in [4.78, 5) is 29.2. The Bertz CT molecular complexity index is 710. The van der Waals surface area contributed by atoms with E-state index in [-0.39, 0.29) is 11.8 Å². The molecule has 21 heavy (non-hydrogen) atoms. The first-order valence-corrected chi connectivity index (χ1v) is 7.30. The number of benzene rings is 1. The third kappa shape index (κ3) is 2.27. The van der Waals surface area contributed by atoms with Crippen LogP contribution in [0.1, 0.15) is 23.3 Å². The van der Waals surface area contributed by atoms with E-state index >= 15 is 0 Å². The van der Waals surface area contributed by atoms with Gasteiger partial charge in [-0.05, 0) is 18.9 Å². The van der Waals surface area contributed by atoms with Crippen molar-refractivity contribution in [1.82, 2.24) is 15.2 Å². The molecule has 2 heterocycles. The van der Waals surface area contributed by atoms with E-state index in [4.69, 9.17) is 11.6 Å². The van der Waals surface area contributed by atoms with Gasteiger partial charge in [0, 0.05) is 24.5 Å². The minimum atomic E-state index is -0.412. The number of nitrogens with zero attached hydrogens (tertiary/aromatic N) is 1. The van der Waals surface area contributed by atoms with Crippen molar-refractivity contribution in [3.05, 3.63) is 35.0 Å². The SMILES string of the molecule is CNC(=O)C1CCCN1C(=O)c1[nH]c2ccccc2c1Cl. The quantitative estimate of drug-likeness (QED) is 0.893. The maximum absolute atomic E-state index is 12.7. The second-order valence-electron chi connectivity index (χ2n) is 5.13. The van der Waals surface area contributed by atoms with E-state index in [1.807, 2.05) is 24.3 Å². The molecule has 3 rings (SSSR count). The number of halogens is 1. The Morgan fingerprint density at radius 3 is 2.86 bits per heavy atom. The second kappa shape index (κ2) is 5.41. The van der Waals surface area contributed by atoms with Gasteiger partial charge in [-0.25, -0.2) is 0 Å². The summed E-state index contributed by atoms with van der Waals surface area (Å²) < 4.78 is 0. The highest BCUT2D eigenvalue weighted by Gasteiger charge is 2.35. The number of hydrogen-bond acceptors (Lipinski definition) is 2. The van der Waals surface area contributed by atoms with Crippen LogP contribution >= 0.6 is 11.6 Å². The van der Waals surface area contributed by atoms with Gasteiger partial charge in [-0.2, -0.15) is 0 Å². The molecule has 6 heteroatoms. The molecule has 1 saturated heterocycles. The van der Waals surface area contributed by atoms with Crippen molar-refractivity contribution in [3.8, 4) is 0 Å². The van der Waals surface area contributed by atoms with Crippen LogP contribution in [-0.4, -0.2) is 41.3 Å². The van der Waals surface area contributed by atoms with Gasteiger partial charge in [0.05, 0.1) is 5.02 Å². The Hall–Kier alpha value is -2.01. The van der Waals surface area contributed by atoms with Crippen LogP contribution in [0, 0.1) is 0 Å². The number of likely N-dealkylation sites (tertiary alicyclic amines) is 1. The molecule has 0 saturated carbocycles. The van der Waals surface area contributed by atoms with E-state index in [0.717, 1.165) is 17.3 Å². The normalized spacial score (nSPS) is 18.2. The van der Waals surface area contributed by atoms with Crippen molar-refractivity contribution in [2.24, 2.45) is 0 Å². The van der Waals surface area contributed by atoms with Gasteiger partial charge in [0.1, 0.15) is 11.7 Å². The molecule has 2 amide bonds. The zero-order valence-electron chi connectivity index (χ0n) is 11.6. The summed E-state index contributed by atoms with van der Waals surface area (Å²) in [5, 5.41) is 3.84. The largest absolute Gasteiger partial charge is 0.357 e. The molecular formula is C15H16ClN3O2. The standard InChI is InChI=1S/C15H16ClN3O2/c1-17-14(20)11-7-4-8-19(11)15(21)13-12(16)9-5-2-3-6-10(9)18-13/h2-3,5-6,11,18H,4,7-8H2,1H3,(H,17,20). The summed E-state index contributed by atoms with van der Waals surface area (Å²) >= 11 is 6.31. The highest BCUT2D eigenvalue weighted by molar-refractivity contribution is 6.38. The number of aromatic amines is 1. The second-order valence-corrected chi connectivity index (χ2v) is 5.51. The molecule has 0 aliphatic carbocycles. The van der Waals surface area contributed by atoms with Gasteiger partial charge in [-0.1, -0.05) is 29.8 Å². The summed E-state index contributed by atoms with van der Waals surface area (Å²) in [5.41, 5.74) is 1.18. The van der Waals surface area contributed by atoms with Gasteiger partial charge >= 0.3 is 0 Å². The molecular weight excluding hydrogens is 290 g/mol. The minimum absolute atomic E-state index is 0.131. The first kappa shape index (κ1) is 13.9. The van der Waals surface area contributed by atoms with Crippen molar-refractivity contribution < 1.29 is 9.59 Å². The lowest BCUT2D eigenvalue weighted by Crippen LogP contribution is -2.45. The fourth-order valence-corrected chi connectivity index (χ4v) is 3.14. The highest BCUT2D eigenvalue weighted by atomic mass is 35.5. The van der Waals surface area contributed by atoms with E-state index < -0.39 is 6.04 Å². The van der Waals surface area contributed by atoms with Crippen LogP contribution in [0.2, 0.25) is 5.02 Å². The monoisotopic (exact) mass is 305 g/mol. The third-order valence-corrected chi connectivity index (χ3v) is 4.31. The molecule has 0 bridgehead atoms. The van der Waals surface area contributed by atoms with Crippen molar-refractivity contribution in [2.75, 3.05) is 13.6 Å². The average molecular weight is 306 g/mol. The fraction of sp³-hybridized carbons (Fsp3) is 0.333. The zero-order valence-corrected chi connectivity index (χ0v) is 12.4. The number of likely N-dealkylation sites (N-methyl/N-ethyl adjacent to an activating group) is 1. The number of aromatic nitrogens is 1. The Balaban J connectivity index is 1.96. The Morgan fingerprint density at radius 1 is 1.38 bits per heavy atom. The lowest BCUT2D eigenvalue weighted by molar-refractivity contribution is -0.124. The maximum Gasteiger partial charge on any atom is 0.272 e. The molecule has 110 valence electrons. The summed E-state index contributed by atoms with van der Waals surface area (Å²) in [5.74, 6) is -0.351. The zero-order chi connectivity index (χ0) is 15.0. The predicted octanol–water partition coefficient (Wildman–Crippen LogP) is 2.17. The van der Waals surface area contributed by atoms with Gasteiger partial charge in [0.2, 0.25) is 5.91 Å². The molecule has 1 fully saturated rings. The first-order valence-electron chi connectivity index (χ1n) is 6.92. The number of rotatable bonds is 2. The Kier molecular flexibility index (Phi) is 3.59.